The Morgan fingerprint density at radius 1 is 1.33 bits per heavy atom. The minimum absolute atomic E-state index is 0.419. The van der Waals surface area contributed by atoms with Gasteiger partial charge in [0.1, 0.15) is 5.82 Å². The average Bonchev–Trinajstić information content (AvgIpc) is 3.23. The van der Waals surface area contributed by atoms with Crippen LogP contribution >= 0.6 is 0 Å². The summed E-state index contributed by atoms with van der Waals surface area (Å²) < 4.78 is 7.43. The first-order valence-electron chi connectivity index (χ1n) is 8.75. The topological polar surface area (TPSA) is 64.3 Å². The van der Waals surface area contributed by atoms with Crippen molar-refractivity contribution < 1.29 is 4.74 Å². The van der Waals surface area contributed by atoms with E-state index < -0.39 is 0 Å². The van der Waals surface area contributed by atoms with Crippen molar-refractivity contribution in [3.8, 4) is 0 Å². The Hall–Kier alpha value is -2.21. The summed E-state index contributed by atoms with van der Waals surface area (Å²) in [4.78, 5) is 9.36. The van der Waals surface area contributed by atoms with E-state index in [1.54, 1.807) is 0 Å². The van der Waals surface area contributed by atoms with Crippen LogP contribution < -0.4 is 5.32 Å². The molecule has 24 heavy (non-hydrogen) atoms. The number of nitrogens with one attached hydrogen (secondary N) is 1. The molecule has 6 heteroatoms. The zero-order valence-electron chi connectivity index (χ0n) is 14.0. The van der Waals surface area contributed by atoms with Crippen LogP contribution in [0.15, 0.2) is 29.6 Å². The molecule has 126 valence electrons. The highest BCUT2D eigenvalue weighted by atomic mass is 16.5. The van der Waals surface area contributed by atoms with E-state index in [4.69, 9.17) is 9.73 Å². The molecule has 0 unspecified atom stereocenters. The van der Waals surface area contributed by atoms with Crippen LogP contribution in [0, 0.1) is 0 Å². The molecular formula is C18H23N5O. The van der Waals surface area contributed by atoms with Crippen LogP contribution in [-0.4, -0.2) is 39.7 Å². The highest BCUT2D eigenvalue weighted by Gasteiger charge is 2.25. The molecular weight excluding hydrogens is 302 g/mol. The van der Waals surface area contributed by atoms with E-state index in [0.717, 1.165) is 61.7 Å². The van der Waals surface area contributed by atoms with Crippen molar-refractivity contribution in [2.45, 2.75) is 45.3 Å². The number of aryl methyl sites for hydroxylation is 1. The van der Waals surface area contributed by atoms with Crippen LogP contribution in [0.3, 0.4) is 0 Å². The van der Waals surface area contributed by atoms with Gasteiger partial charge in [-0.2, -0.15) is 5.10 Å². The second kappa shape index (κ2) is 6.73. The second-order valence-electron chi connectivity index (χ2n) is 6.38. The van der Waals surface area contributed by atoms with E-state index in [0.29, 0.717) is 12.6 Å². The summed E-state index contributed by atoms with van der Waals surface area (Å²) in [5, 5.41) is 8.06. The first kappa shape index (κ1) is 15.3. The van der Waals surface area contributed by atoms with Crippen LogP contribution in [-0.2, 0) is 17.8 Å². The lowest BCUT2D eigenvalue weighted by Gasteiger charge is -2.24. The van der Waals surface area contributed by atoms with E-state index in [1.165, 1.54) is 5.56 Å². The molecule has 0 bridgehead atoms. The van der Waals surface area contributed by atoms with E-state index >= 15 is 0 Å². The van der Waals surface area contributed by atoms with Crippen LogP contribution in [0.2, 0.25) is 0 Å². The molecule has 2 aromatic heterocycles. The molecule has 6 nitrogen and oxygen atoms in total. The van der Waals surface area contributed by atoms with E-state index in [1.807, 2.05) is 17.1 Å². The summed E-state index contributed by atoms with van der Waals surface area (Å²) in [7, 11) is 0. The number of aromatic nitrogens is 3. The van der Waals surface area contributed by atoms with Gasteiger partial charge >= 0.3 is 0 Å². The Bertz CT molecular complexity index is 746. The highest BCUT2D eigenvalue weighted by Crippen LogP contribution is 2.29. The standard InChI is InChI=1S/C18H23N5O/c1-2-7-23-12-14(11-21-23)17-16-13(10-20-17)3-6-19-18(16)22-15-4-8-24-9-5-15/h3,6,11-12,15H,2,4-5,7-10H2,1H3,(H,19,22). The molecule has 1 fully saturated rings. The van der Waals surface area contributed by atoms with Crippen LogP contribution in [0.25, 0.3) is 0 Å². The third-order valence-electron chi connectivity index (χ3n) is 4.60. The molecule has 0 saturated carbocycles. The zero-order chi connectivity index (χ0) is 16.4. The SMILES string of the molecule is CCCn1cc(C2=NCc3ccnc(NC4CCOCC4)c32)cn1. The van der Waals surface area contributed by atoms with E-state index in [9.17, 15) is 0 Å². The van der Waals surface area contributed by atoms with Crippen molar-refractivity contribution in [3.05, 3.63) is 41.3 Å². The van der Waals surface area contributed by atoms with Crippen LogP contribution in [0.5, 0.6) is 0 Å². The van der Waals surface area contributed by atoms with Gasteiger partial charge in [0.2, 0.25) is 0 Å². The molecule has 1 N–H and O–H groups in total. The largest absolute Gasteiger partial charge is 0.381 e. The van der Waals surface area contributed by atoms with Gasteiger partial charge in [0, 0.05) is 49.3 Å². The van der Waals surface area contributed by atoms with Gasteiger partial charge in [-0.15, -0.1) is 0 Å². The fraction of sp³-hybridized carbons (Fsp3) is 0.500. The predicted molar refractivity (Wildman–Crippen MR) is 93.6 cm³/mol. The number of nitrogens with zero attached hydrogens (tertiary/aromatic N) is 4. The molecule has 4 heterocycles. The maximum atomic E-state index is 5.45. The van der Waals surface area contributed by atoms with Crippen molar-refractivity contribution >= 4 is 11.5 Å². The first-order chi connectivity index (χ1) is 11.8. The monoisotopic (exact) mass is 325 g/mol. The third-order valence-corrected chi connectivity index (χ3v) is 4.60. The summed E-state index contributed by atoms with van der Waals surface area (Å²) in [5.41, 5.74) is 4.46. The molecule has 0 aromatic carbocycles. The summed E-state index contributed by atoms with van der Waals surface area (Å²) in [6.07, 6.45) is 8.98. The minimum Gasteiger partial charge on any atom is -0.381 e. The summed E-state index contributed by atoms with van der Waals surface area (Å²) in [5.74, 6) is 0.943. The van der Waals surface area contributed by atoms with Gasteiger partial charge in [-0.3, -0.25) is 9.67 Å². The molecule has 0 spiro atoms. The van der Waals surface area contributed by atoms with Gasteiger partial charge < -0.3 is 10.1 Å². The van der Waals surface area contributed by atoms with Gasteiger partial charge in [-0.05, 0) is 30.9 Å². The molecule has 4 rings (SSSR count). The number of ether oxygens (including phenoxy) is 1. The number of rotatable bonds is 5. The molecule has 0 atom stereocenters. The Balaban J connectivity index is 1.62. The van der Waals surface area contributed by atoms with Crippen molar-refractivity contribution in [2.24, 2.45) is 4.99 Å². The molecule has 2 aromatic rings. The van der Waals surface area contributed by atoms with Crippen LogP contribution in [0.4, 0.5) is 5.82 Å². The fourth-order valence-electron chi connectivity index (χ4n) is 3.36. The molecule has 2 aliphatic heterocycles. The maximum Gasteiger partial charge on any atom is 0.135 e. The number of fused-ring (bicyclic) bond motifs is 1. The molecule has 0 amide bonds. The number of hydrogen-bond donors (Lipinski definition) is 1. The zero-order valence-corrected chi connectivity index (χ0v) is 14.0. The van der Waals surface area contributed by atoms with Crippen molar-refractivity contribution in [3.63, 3.8) is 0 Å². The number of pyridine rings is 1. The Morgan fingerprint density at radius 2 is 2.21 bits per heavy atom. The van der Waals surface area contributed by atoms with E-state index in [2.05, 4.69) is 34.6 Å². The summed E-state index contributed by atoms with van der Waals surface area (Å²) in [6, 6.07) is 2.49. The smallest absolute Gasteiger partial charge is 0.135 e. The van der Waals surface area contributed by atoms with Gasteiger partial charge in [-0.25, -0.2) is 4.98 Å². The third kappa shape index (κ3) is 2.94. The second-order valence-corrected chi connectivity index (χ2v) is 6.38. The van der Waals surface area contributed by atoms with Gasteiger partial charge in [0.25, 0.3) is 0 Å². The van der Waals surface area contributed by atoms with Crippen molar-refractivity contribution in [1.29, 1.82) is 0 Å². The Kier molecular flexibility index (Phi) is 4.30. The molecule has 0 aliphatic carbocycles. The number of anilines is 1. The Morgan fingerprint density at radius 3 is 3.04 bits per heavy atom. The molecule has 2 aliphatic rings. The van der Waals surface area contributed by atoms with Gasteiger partial charge in [0.05, 0.1) is 18.5 Å². The highest BCUT2D eigenvalue weighted by molar-refractivity contribution is 6.17. The minimum atomic E-state index is 0.419. The van der Waals surface area contributed by atoms with Gasteiger partial charge in [0.15, 0.2) is 0 Å². The lowest BCUT2D eigenvalue weighted by Crippen LogP contribution is -2.29. The average molecular weight is 325 g/mol. The number of aliphatic imine (C=N–C) groups is 1. The Labute approximate surface area is 142 Å². The van der Waals surface area contributed by atoms with E-state index in [-0.39, 0.29) is 0 Å². The lowest BCUT2D eigenvalue weighted by atomic mass is 10.0. The maximum absolute atomic E-state index is 5.45. The van der Waals surface area contributed by atoms with Gasteiger partial charge in [-0.1, -0.05) is 6.92 Å². The van der Waals surface area contributed by atoms with Crippen molar-refractivity contribution in [2.75, 3.05) is 18.5 Å². The van der Waals surface area contributed by atoms with Crippen molar-refractivity contribution in [1.82, 2.24) is 14.8 Å². The quantitative estimate of drug-likeness (QED) is 0.918. The predicted octanol–water partition coefficient (Wildman–Crippen LogP) is 2.63. The number of hydrogen-bond acceptors (Lipinski definition) is 5. The first-order valence-corrected chi connectivity index (χ1v) is 8.75. The summed E-state index contributed by atoms with van der Waals surface area (Å²) in [6.45, 7) is 5.44. The fourth-order valence-corrected chi connectivity index (χ4v) is 3.36. The lowest BCUT2D eigenvalue weighted by molar-refractivity contribution is 0.0904. The van der Waals surface area contributed by atoms with Crippen LogP contribution in [0.1, 0.15) is 42.9 Å². The molecule has 1 saturated heterocycles. The normalized spacial score (nSPS) is 17.6. The molecule has 0 radical (unpaired) electrons. The summed E-state index contributed by atoms with van der Waals surface area (Å²) >= 11 is 0.